The second-order valence-corrected chi connectivity index (χ2v) is 12.6. The van der Waals surface area contributed by atoms with Crippen LogP contribution < -0.4 is 10.6 Å². The lowest BCUT2D eigenvalue weighted by atomic mass is 9.53. The number of nitrogens with one attached hydrogen (secondary N) is 2. The number of carbonyl (C=O) groups excluding carboxylic acids is 2. The van der Waals surface area contributed by atoms with Crippen molar-refractivity contribution in [2.24, 2.45) is 23.2 Å². The van der Waals surface area contributed by atoms with Gasteiger partial charge in [0, 0.05) is 42.9 Å². The van der Waals surface area contributed by atoms with Crippen LogP contribution in [0.25, 0.3) is 0 Å². The zero-order valence-corrected chi connectivity index (χ0v) is 23.2. The minimum atomic E-state index is -0.569. The molecule has 3 N–H and O–H groups in total. The van der Waals surface area contributed by atoms with Crippen molar-refractivity contribution < 1.29 is 19.4 Å². The number of likely N-dealkylation sites (N-methyl/N-ethyl adjacent to an activating group) is 1. The van der Waals surface area contributed by atoms with Gasteiger partial charge in [-0.05, 0) is 50.6 Å². The molecule has 36 heavy (non-hydrogen) atoms. The van der Waals surface area contributed by atoms with Crippen molar-refractivity contribution >= 4 is 28.3 Å². The van der Waals surface area contributed by atoms with Gasteiger partial charge in [-0.2, -0.15) is 0 Å². The van der Waals surface area contributed by atoms with Gasteiger partial charge < -0.3 is 25.4 Å². The number of hydrogen-bond donors (Lipinski definition) is 3. The highest BCUT2D eigenvalue weighted by Crippen LogP contribution is 2.57. The number of fused-ring (bicyclic) bond motifs is 2. The smallest absolute Gasteiger partial charge is 0.240 e. The molecule has 1 aromatic heterocycles. The van der Waals surface area contributed by atoms with Gasteiger partial charge in [0.15, 0.2) is 5.13 Å². The summed E-state index contributed by atoms with van der Waals surface area (Å²) in [6.45, 7) is 11.4. The number of anilines is 1. The van der Waals surface area contributed by atoms with Crippen molar-refractivity contribution in [3.63, 3.8) is 0 Å². The number of amides is 2. The van der Waals surface area contributed by atoms with E-state index in [0.29, 0.717) is 18.2 Å². The molecule has 2 aliphatic carbocycles. The number of carbonyl (C=O) groups is 2. The fourth-order valence-electron chi connectivity index (χ4n) is 6.56. The molecule has 0 unspecified atom stereocenters. The Labute approximate surface area is 219 Å². The van der Waals surface area contributed by atoms with E-state index >= 15 is 0 Å². The molecule has 2 fully saturated rings. The van der Waals surface area contributed by atoms with Crippen LogP contribution in [0.4, 0.5) is 5.13 Å². The van der Waals surface area contributed by atoms with Gasteiger partial charge in [-0.3, -0.25) is 14.5 Å². The number of nitrogens with zero attached hydrogens (tertiary/aromatic N) is 3. The lowest BCUT2D eigenvalue weighted by Gasteiger charge is -2.53. The molecule has 2 heterocycles. The molecule has 0 radical (unpaired) electrons. The first kappa shape index (κ1) is 27.4. The molecule has 1 saturated carbocycles. The van der Waals surface area contributed by atoms with Crippen molar-refractivity contribution in [1.82, 2.24) is 20.1 Å². The third kappa shape index (κ3) is 5.93. The van der Waals surface area contributed by atoms with E-state index in [1.807, 2.05) is 25.9 Å². The van der Waals surface area contributed by atoms with E-state index in [2.05, 4.69) is 29.4 Å². The van der Waals surface area contributed by atoms with E-state index < -0.39 is 6.10 Å². The molecule has 202 valence electrons. The second kappa shape index (κ2) is 11.4. The summed E-state index contributed by atoms with van der Waals surface area (Å²) in [7, 11) is 3.73. The Morgan fingerprint density at radius 3 is 2.75 bits per heavy atom. The van der Waals surface area contributed by atoms with Gasteiger partial charge in [0.05, 0.1) is 31.6 Å². The van der Waals surface area contributed by atoms with Gasteiger partial charge in [0.1, 0.15) is 0 Å². The molecule has 2 amide bonds. The average Bonchev–Trinajstić information content (AvgIpc) is 3.20. The number of thiazole rings is 1. The Balaban J connectivity index is 1.39. The molecule has 1 aromatic rings. The fourth-order valence-corrected chi connectivity index (χ4v) is 7.84. The molecule has 0 aromatic carbocycles. The molecule has 6 atom stereocenters. The Morgan fingerprint density at radius 2 is 2.06 bits per heavy atom. The summed E-state index contributed by atoms with van der Waals surface area (Å²) < 4.78 is 5.39. The van der Waals surface area contributed by atoms with Crippen LogP contribution in [-0.4, -0.2) is 97.8 Å². The zero-order chi connectivity index (χ0) is 26.0. The molecular weight excluding hydrogens is 478 g/mol. The number of ether oxygens (including phenoxy) is 1. The van der Waals surface area contributed by atoms with Crippen LogP contribution >= 0.6 is 11.3 Å². The lowest BCUT2D eigenvalue weighted by Crippen LogP contribution is -2.53. The molecule has 1 aliphatic heterocycles. The Hall–Kier alpha value is -1.59. The minimum absolute atomic E-state index is 0.0274. The maximum atomic E-state index is 13.0. The summed E-state index contributed by atoms with van der Waals surface area (Å²) in [5.41, 5.74) is 0.941. The van der Waals surface area contributed by atoms with E-state index in [4.69, 9.17) is 9.72 Å². The summed E-state index contributed by atoms with van der Waals surface area (Å²) in [5.74, 6) is -0.285. The summed E-state index contributed by atoms with van der Waals surface area (Å²) in [6, 6.07) is 0. The van der Waals surface area contributed by atoms with E-state index in [-0.39, 0.29) is 40.9 Å². The largest absolute Gasteiger partial charge is 0.392 e. The van der Waals surface area contributed by atoms with E-state index in [0.717, 1.165) is 57.8 Å². The first-order valence-corrected chi connectivity index (χ1v) is 14.1. The van der Waals surface area contributed by atoms with Gasteiger partial charge >= 0.3 is 0 Å². The maximum absolute atomic E-state index is 13.0. The number of rotatable bonds is 8. The Kier molecular flexibility index (Phi) is 8.71. The molecule has 4 rings (SSSR count). The second-order valence-electron chi connectivity index (χ2n) is 11.5. The van der Waals surface area contributed by atoms with E-state index in [1.54, 1.807) is 11.3 Å². The number of aromatic nitrogens is 1. The highest BCUT2D eigenvalue weighted by Gasteiger charge is 2.53. The molecular formula is C26H43N5O4S. The molecule has 3 aliphatic rings. The highest BCUT2D eigenvalue weighted by atomic mass is 32.1. The summed E-state index contributed by atoms with van der Waals surface area (Å²) in [4.78, 5) is 35.4. The predicted octanol–water partition coefficient (Wildman–Crippen LogP) is 1.78. The van der Waals surface area contributed by atoms with Gasteiger partial charge in [0.25, 0.3) is 0 Å². The van der Waals surface area contributed by atoms with Crippen molar-refractivity contribution in [1.29, 1.82) is 0 Å². The van der Waals surface area contributed by atoms with Gasteiger partial charge in [-0.1, -0.05) is 20.8 Å². The van der Waals surface area contributed by atoms with Crippen LogP contribution in [0.5, 0.6) is 0 Å². The Bertz CT molecular complexity index is 933. The van der Waals surface area contributed by atoms with Crippen molar-refractivity contribution in [2.45, 2.75) is 52.1 Å². The molecule has 0 spiro atoms. The molecule has 1 saturated heterocycles. The van der Waals surface area contributed by atoms with Gasteiger partial charge in [0.2, 0.25) is 11.8 Å². The third-order valence-corrected chi connectivity index (χ3v) is 9.50. The van der Waals surface area contributed by atoms with Gasteiger partial charge in [-0.15, -0.1) is 11.3 Å². The predicted molar refractivity (Wildman–Crippen MR) is 141 cm³/mol. The van der Waals surface area contributed by atoms with E-state index in [1.165, 1.54) is 4.88 Å². The van der Waals surface area contributed by atoms with Crippen LogP contribution in [0.15, 0.2) is 0 Å². The van der Waals surface area contributed by atoms with Crippen LogP contribution in [-0.2, 0) is 20.7 Å². The van der Waals surface area contributed by atoms with Crippen LogP contribution in [0.2, 0.25) is 0 Å². The zero-order valence-electron chi connectivity index (χ0n) is 22.4. The molecule has 0 bridgehead atoms. The summed E-state index contributed by atoms with van der Waals surface area (Å²) in [6.07, 6.45) is 2.08. The first-order valence-electron chi connectivity index (χ1n) is 13.3. The normalized spacial score (nSPS) is 31.4. The monoisotopic (exact) mass is 521 g/mol. The summed E-state index contributed by atoms with van der Waals surface area (Å²) >= 11 is 1.56. The minimum Gasteiger partial charge on any atom is -0.392 e. The fraction of sp³-hybridized carbons (Fsp3) is 0.808. The van der Waals surface area contributed by atoms with Crippen molar-refractivity contribution in [3.8, 4) is 0 Å². The average molecular weight is 522 g/mol. The first-order chi connectivity index (χ1) is 17.1. The number of aliphatic hydroxyl groups excluding tert-OH is 1. The number of hydrogen-bond acceptors (Lipinski definition) is 8. The SMILES string of the molecule is C[C@H](C(=O)NCCN1CCOCC1)[C@H]1CC[C@]2(C)Cc3sc(NC(=O)CN(C)C)nc3[C@H](C)[C@@H]2[C@H]1O. The third-order valence-electron chi connectivity index (χ3n) is 8.52. The lowest BCUT2D eigenvalue weighted by molar-refractivity contribution is -0.134. The van der Waals surface area contributed by atoms with Crippen LogP contribution in [0.3, 0.4) is 0 Å². The van der Waals surface area contributed by atoms with Crippen LogP contribution in [0.1, 0.15) is 50.1 Å². The number of morpholine rings is 1. The molecule has 10 heteroatoms. The molecule has 9 nitrogen and oxygen atoms in total. The van der Waals surface area contributed by atoms with E-state index in [9.17, 15) is 14.7 Å². The van der Waals surface area contributed by atoms with Crippen molar-refractivity contribution in [2.75, 3.05) is 65.3 Å². The highest BCUT2D eigenvalue weighted by molar-refractivity contribution is 7.15. The standard InChI is InChI=1S/C26H43N5O4S/c1-16(24(34)27-8-9-31-10-12-35-13-11-31)18-6-7-26(3)14-19-22(17(2)21(26)23(18)33)29-25(36-19)28-20(32)15-30(4)5/h16-18,21,23,33H,6-15H2,1-5H3,(H,27,34)(H,28,29,32)/t16-,17+,18+,21+,23-,26+/m0/s1. The number of aliphatic hydroxyl groups is 1. The quantitative estimate of drug-likeness (QED) is 0.479. The topological polar surface area (TPSA) is 107 Å². The van der Waals surface area contributed by atoms with Crippen molar-refractivity contribution in [3.05, 3.63) is 10.6 Å². The van der Waals surface area contributed by atoms with Crippen LogP contribution in [0, 0.1) is 23.2 Å². The maximum Gasteiger partial charge on any atom is 0.240 e. The Morgan fingerprint density at radius 1 is 1.33 bits per heavy atom. The van der Waals surface area contributed by atoms with Gasteiger partial charge in [-0.25, -0.2) is 4.98 Å². The summed E-state index contributed by atoms with van der Waals surface area (Å²) in [5, 5.41) is 18.3.